The van der Waals surface area contributed by atoms with Crippen LogP contribution >= 0.6 is 11.3 Å². The number of nitrogens with one attached hydrogen (secondary N) is 1. The highest BCUT2D eigenvalue weighted by molar-refractivity contribution is 7.14. The first kappa shape index (κ1) is 13.1. The van der Waals surface area contributed by atoms with Crippen LogP contribution < -0.4 is 5.32 Å². The molecule has 0 aliphatic heterocycles. The van der Waals surface area contributed by atoms with Gasteiger partial charge in [0.1, 0.15) is 5.00 Å². The van der Waals surface area contributed by atoms with Gasteiger partial charge in [0.25, 0.3) is 0 Å². The summed E-state index contributed by atoms with van der Waals surface area (Å²) in [7, 11) is 0. The van der Waals surface area contributed by atoms with Gasteiger partial charge in [0.05, 0.1) is 5.56 Å². The van der Waals surface area contributed by atoms with E-state index < -0.39 is 5.97 Å². The van der Waals surface area contributed by atoms with E-state index in [1.807, 2.05) is 6.92 Å². The summed E-state index contributed by atoms with van der Waals surface area (Å²) in [6.45, 7) is 1.97. The molecule has 1 amide bonds. The molecule has 1 aromatic heterocycles. The fraction of sp³-hybridized carbons (Fsp3) is 0.538. The lowest BCUT2D eigenvalue weighted by atomic mass is 9.75. The maximum absolute atomic E-state index is 12.3. The SMILES string of the molecule is CC1(C(=O)Nc2sccc2C(=O)O)CCCCC1. The molecule has 1 aliphatic carbocycles. The van der Waals surface area contributed by atoms with Gasteiger partial charge in [-0.1, -0.05) is 26.2 Å². The maximum atomic E-state index is 12.3. The van der Waals surface area contributed by atoms with Crippen molar-refractivity contribution in [3.05, 3.63) is 17.0 Å². The number of hydrogen-bond donors (Lipinski definition) is 2. The van der Waals surface area contributed by atoms with E-state index in [1.165, 1.54) is 23.8 Å². The summed E-state index contributed by atoms with van der Waals surface area (Å²) in [6.07, 6.45) is 5.09. The predicted octanol–water partition coefficient (Wildman–Crippen LogP) is 3.36. The van der Waals surface area contributed by atoms with Gasteiger partial charge in [0.2, 0.25) is 5.91 Å². The number of rotatable bonds is 3. The van der Waals surface area contributed by atoms with E-state index in [-0.39, 0.29) is 16.9 Å². The molecule has 0 saturated heterocycles. The molecule has 1 fully saturated rings. The molecule has 1 aliphatic rings. The zero-order valence-corrected chi connectivity index (χ0v) is 11.2. The fourth-order valence-electron chi connectivity index (χ4n) is 2.39. The predicted molar refractivity (Wildman–Crippen MR) is 71.1 cm³/mol. The molecule has 98 valence electrons. The number of thiophene rings is 1. The van der Waals surface area contributed by atoms with Crippen molar-refractivity contribution in [1.29, 1.82) is 0 Å². The van der Waals surface area contributed by atoms with Crippen LogP contribution in [0.25, 0.3) is 0 Å². The van der Waals surface area contributed by atoms with Gasteiger partial charge >= 0.3 is 5.97 Å². The van der Waals surface area contributed by atoms with Gasteiger partial charge in [-0.05, 0) is 24.3 Å². The highest BCUT2D eigenvalue weighted by Gasteiger charge is 2.35. The van der Waals surface area contributed by atoms with Crippen molar-refractivity contribution in [3.63, 3.8) is 0 Å². The first-order valence-corrected chi connectivity index (χ1v) is 7.03. The summed E-state index contributed by atoms with van der Waals surface area (Å²) in [4.78, 5) is 23.2. The number of carboxylic acid groups (broad SMARTS) is 1. The largest absolute Gasteiger partial charge is 0.478 e. The van der Waals surface area contributed by atoms with Crippen LogP contribution in [0.3, 0.4) is 0 Å². The molecule has 18 heavy (non-hydrogen) atoms. The number of carboxylic acids is 1. The normalized spacial score (nSPS) is 18.3. The molecule has 0 spiro atoms. The summed E-state index contributed by atoms with van der Waals surface area (Å²) in [5.41, 5.74) is -0.175. The summed E-state index contributed by atoms with van der Waals surface area (Å²) in [5, 5.41) is 13.9. The summed E-state index contributed by atoms with van der Waals surface area (Å²) < 4.78 is 0. The third-order valence-electron chi connectivity index (χ3n) is 3.63. The highest BCUT2D eigenvalue weighted by Crippen LogP contribution is 2.37. The van der Waals surface area contributed by atoms with Gasteiger partial charge in [-0.2, -0.15) is 0 Å². The second-order valence-electron chi connectivity index (χ2n) is 5.04. The minimum Gasteiger partial charge on any atom is -0.478 e. The minimum absolute atomic E-state index is 0.0489. The van der Waals surface area contributed by atoms with E-state index in [0.717, 1.165) is 25.7 Å². The molecule has 2 rings (SSSR count). The van der Waals surface area contributed by atoms with Gasteiger partial charge in [0, 0.05) is 5.41 Å². The van der Waals surface area contributed by atoms with Crippen molar-refractivity contribution in [3.8, 4) is 0 Å². The molecule has 4 nitrogen and oxygen atoms in total. The van der Waals surface area contributed by atoms with Crippen LogP contribution in [0.15, 0.2) is 11.4 Å². The summed E-state index contributed by atoms with van der Waals surface area (Å²) in [6, 6.07) is 1.52. The Morgan fingerprint density at radius 2 is 2.00 bits per heavy atom. The molecular weight excluding hydrogens is 250 g/mol. The van der Waals surface area contributed by atoms with Crippen LogP contribution in [-0.2, 0) is 4.79 Å². The molecule has 0 atom stereocenters. The Bertz CT molecular complexity index is 461. The zero-order chi connectivity index (χ0) is 13.2. The Balaban J connectivity index is 2.11. The Morgan fingerprint density at radius 1 is 1.33 bits per heavy atom. The average Bonchev–Trinajstić information content (AvgIpc) is 2.78. The van der Waals surface area contributed by atoms with Crippen molar-refractivity contribution in [1.82, 2.24) is 0 Å². The molecule has 1 heterocycles. The van der Waals surface area contributed by atoms with Crippen LogP contribution in [0.5, 0.6) is 0 Å². The molecule has 1 saturated carbocycles. The van der Waals surface area contributed by atoms with E-state index in [2.05, 4.69) is 5.32 Å². The second-order valence-corrected chi connectivity index (χ2v) is 5.96. The lowest BCUT2D eigenvalue weighted by Gasteiger charge is -2.31. The van der Waals surface area contributed by atoms with E-state index in [9.17, 15) is 9.59 Å². The smallest absolute Gasteiger partial charge is 0.338 e. The number of aromatic carboxylic acids is 1. The van der Waals surface area contributed by atoms with Gasteiger partial charge in [0.15, 0.2) is 0 Å². The van der Waals surface area contributed by atoms with Crippen molar-refractivity contribution >= 4 is 28.2 Å². The first-order valence-electron chi connectivity index (χ1n) is 6.15. The molecule has 0 radical (unpaired) electrons. The highest BCUT2D eigenvalue weighted by atomic mass is 32.1. The number of amides is 1. The Kier molecular flexibility index (Phi) is 3.71. The standard InChI is InChI=1S/C13H17NO3S/c1-13(6-3-2-4-7-13)12(17)14-10-9(11(15)16)5-8-18-10/h5,8H,2-4,6-7H2,1H3,(H,14,17)(H,15,16). The molecule has 5 heteroatoms. The molecule has 1 aromatic rings. The first-order chi connectivity index (χ1) is 8.53. The second kappa shape index (κ2) is 5.10. The number of anilines is 1. The van der Waals surface area contributed by atoms with E-state index in [4.69, 9.17) is 5.11 Å². The van der Waals surface area contributed by atoms with Gasteiger partial charge in [-0.25, -0.2) is 4.79 Å². The number of carbonyl (C=O) groups excluding carboxylic acids is 1. The maximum Gasteiger partial charge on any atom is 0.338 e. The van der Waals surface area contributed by atoms with Crippen molar-refractivity contribution in [2.45, 2.75) is 39.0 Å². The van der Waals surface area contributed by atoms with E-state index in [1.54, 1.807) is 5.38 Å². The molecule has 0 unspecified atom stereocenters. The van der Waals surface area contributed by atoms with Gasteiger partial charge in [-0.3, -0.25) is 4.79 Å². The third kappa shape index (κ3) is 2.56. The monoisotopic (exact) mass is 267 g/mol. The zero-order valence-electron chi connectivity index (χ0n) is 10.4. The van der Waals surface area contributed by atoms with Crippen LogP contribution in [0.4, 0.5) is 5.00 Å². The van der Waals surface area contributed by atoms with E-state index >= 15 is 0 Å². The van der Waals surface area contributed by atoms with Crippen LogP contribution in [0.1, 0.15) is 49.4 Å². The Hall–Kier alpha value is -1.36. The van der Waals surface area contributed by atoms with Crippen molar-refractivity contribution in [2.24, 2.45) is 5.41 Å². The van der Waals surface area contributed by atoms with Gasteiger partial charge in [-0.15, -0.1) is 11.3 Å². The van der Waals surface area contributed by atoms with Crippen molar-refractivity contribution in [2.75, 3.05) is 5.32 Å². The topological polar surface area (TPSA) is 66.4 Å². The van der Waals surface area contributed by atoms with Crippen LogP contribution in [0, 0.1) is 5.41 Å². The number of hydrogen-bond acceptors (Lipinski definition) is 3. The third-order valence-corrected chi connectivity index (χ3v) is 4.46. The average molecular weight is 267 g/mol. The quantitative estimate of drug-likeness (QED) is 0.882. The summed E-state index contributed by atoms with van der Waals surface area (Å²) in [5.74, 6) is -1.05. The van der Waals surface area contributed by atoms with Crippen LogP contribution in [0.2, 0.25) is 0 Å². The minimum atomic E-state index is -1.000. The fourth-order valence-corrected chi connectivity index (χ4v) is 3.16. The van der Waals surface area contributed by atoms with Gasteiger partial charge < -0.3 is 10.4 Å². The molecule has 2 N–H and O–H groups in total. The molecule has 0 bridgehead atoms. The van der Waals surface area contributed by atoms with E-state index in [0.29, 0.717) is 5.00 Å². The summed E-state index contributed by atoms with van der Waals surface area (Å²) >= 11 is 1.26. The lowest BCUT2D eigenvalue weighted by Crippen LogP contribution is -2.35. The van der Waals surface area contributed by atoms with Crippen LogP contribution in [-0.4, -0.2) is 17.0 Å². The molecular formula is C13H17NO3S. The Labute approximate surface area is 110 Å². The Morgan fingerprint density at radius 3 is 2.61 bits per heavy atom. The molecule has 0 aromatic carbocycles. The lowest BCUT2D eigenvalue weighted by molar-refractivity contribution is -0.126. The van der Waals surface area contributed by atoms with Crippen molar-refractivity contribution < 1.29 is 14.7 Å². The number of carbonyl (C=O) groups is 2.